The smallest absolute Gasteiger partial charge is 0.289 e. The number of nitrogens with zero attached hydrogens (tertiary/aromatic N) is 3. The Kier molecular flexibility index (Phi) is 4.07. The Morgan fingerprint density at radius 3 is 2.89 bits per heavy atom. The van der Waals surface area contributed by atoms with Crippen molar-refractivity contribution in [3.05, 3.63) is 54.1 Å². The van der Waals surface area contributed by atoms with Gasteiger partial charge in [0.15, 0.2) is 0 Å². The number of hydrazone groups is 1. The van der Waals surface area contributed by atoms with E-state index in [4.69, 9.17) is 0 Å². The van der Waals surface area contributed by atoms with Crippen LogP contribution in [0.5, 0.6) is 0 Å². The number of carbonyl (C=O) groups excluding carboxylic acids is 1. The SMILES string of the molecule is CC(C)n1ccc(/C=N\NC(=O)c2ccccn2)c1. The van der Waals surface area contributed by atoms with Gasteiger partial charge in [-0.3, -0.25) is 9.78 Å². The number of nitrogens with one attached hydrogen (secondary N) is 1. The highest BCUT2D eigenvalue weighted by Crippen LogP contribution is 2.06. The van der Waals surface area contributed by atoms with Gasteiger partial charge in [0, 0.05) is 30.2 Å². The van der Waals surface area contributed by atoms with Crippen LogP contribution in [0.3, 0.4) is 0 Å². The van der Waals surface area contributed by atoms with Gasteiger partial charge in [0.1, 0.15) is 5.69 Å². The van der Waals surface area contributed by atoms with Crippen LogP contribution in [0.25, 0.3) is 0 Å². The Balaban J connectivity index is 1.94. The lowest BCUT2D eigenvalue weighted by atomic mass is 10.3. The van der Waals surface area contributed by atoms with Crippen molar-refractivity contribution in [2.45, 2.75) is 19.9 Å². The maximum absolute atomic E-state index is 11.7. The first-order chi connectivity index (χ1) is 9.16. The number of pyridine rings is 1. The number of hydrogen-bond acceptors (Lipinski definition) is 3. The fourth-order valence-electron chi connectivity index (χ4n) is 1.55. The first kappa shape index (κ1) is 13.0. The summed E-state index contributed by atoms with van der Waals surface area (Å²) in [6, 6.07) is 7.50. The molecule has 0 unspecified atom stereocenters. The number of aromatic nitrogens is 2. The van der Waals surface area contributed by atoms with Crippen molar-refractivity contribution in [2.75, 3.05) is 0 Å². The van der Waals surface area contributed by atoms with Crippen LogP contribution in [0, 0.1) is 0 Å². The zero-order valence-electron chi connectivity index (χ0n) is 10.9. The Labute approximate surface area is 112 Å². The molecular formula is C14H16N4O. The van der Waals surface area contributed by atoms with Gasteiger partial charge in [-0.15, -0.1) is 0 Å². The van der Waals surface area contributed by atoms with E-state index in [9.17, 15) is 4.79 Å². The van der Waals surface area contributed by atoms with Crippen LogP contribution in [-0.2, 0) is 0 Å². The molecule has 98 valence electrons. The number of carbonyl (C=O) groups is 1. The van der Waals surface area contributed by atoms with Gasteiger partial charge in [0.05, 0.1) is 6.21 Å². The first-order valence-corrected chi connectivity index (χ1v) is 6.09. The molecule has 0 aromatic carbocycles. The van der Waals surface area contributed by atoms with E-state index in [-0.39, 0.29) is 5.91 Å². The monoisotopic (exact) mass is 256 g/mol. The molecule has 5 heteroatoms. The molecule has 0 fully saturated rings. The molecule has 0 aliphatic heterocycles. The summed E-state index contributed by atoms with van der Waals surface area (Å²) in [6.45, 7) is 4.20. The second kappa shape index (κ2) is 5.95. The molecule has 0 aliphatic rings. The van der Waals surface area contributed by atoms with Gasteiger partial charge < -0.3 is 4.57 Å². The Bertz CT molecular complexity index is 572. The zero-order valence-corrected chi connectivity index (χ0v) is 10.9. The van der Waals surface area contributed by atoms with Crippen molar-refractivity contribution in [3.8, 4) is 0 Å². The Morgan fingerprint density at radius 2 is 2.26 bits per heavy atom. The molecule has 0 radical (unpaired) electrons. The summed E-state index contributed by atoms with van der Waals surface area (Å²) in [5, 5.41) is 3.91. The fourth-order valence-corrected chi connectivity index (χ4v) is 1.55. The highest BCUT2D eigenvalue weighted by molar-refractivity contribution is 5.92. The molecule has 19 heavy (non-hydrogen) atoms. The summed E-state index contributed by atoms with van der Waals surface area (Å²) in [7, 11) is 0. The lowest BCUT2D eigenvalue weighted by Gasteiger charge is -2.04. The molecule has 2 aromatic heterocycles. The Morgan fingerprint density at radius 1 is 1.42 bits per heavy atom. The zero-order chi connectivity index (χ0) is 13.7. The molecule has 2 heterocycles. The van der Waals surface area contributed by atoms with E-state index in [1.54, 1.807) is 30.6 Å². The van der Waals surface area contributed by atoms with Gasteiger partial charge in [-0.25, -0.2) is 5.43 Å². The molecule has 0 saturated heterocycles. The standard InChI is InChI=1S/C14H16N4O/c1-11(2)18-8-6-12(10-18)9-16-17-14(19)13-5-3-4-7-15-13/h3-11H,1-2H3,(H,17,19)/b16-9-. The first-order valence-electron chi connectivity index (χ1n) is 6.09. The molecule has 0 spiro atoms. The van der Waals surface area contributed by atoms with Crippen LogP contribution in [-0.4, -0.2) is 21.7 Å². The van der Waals surface area contributed by atoms with Crippen molar-refractivity contribution in [1.82, 2.24) is 15.0 Å². The van der Waals surface area contributed by atoms with Crippen molar-refractivity contribution in [3.63, 3.8) is 0 Å². The molecule has 1 N–H and O–H groups in total. The van der Waals surface area contributed by atoms with E-state index < -0.39 is 0 Å². The van der Waals surface area contributed by atoms with E-state index in [1.165, 1.54) is 0 Å². The van der Waals surface area contributed by atoms with Crippen LogP contribution in [0.1, 0.15) is 35.9 Å². The minimum atomic E-state index is -0.319. The molecule has 0 aliphatic carbocycles. The third kappa shape index (κ3) is 3.51. The van der Waals surface area contributed by atoms with Gasteiger partial charge >= 0.3 is 0 Å². The second-order valence-electron chi connectivity index (χ2n) is 4.40. The van der Waals surface area contributed by atoms with Crippen LogP contribution in [0.2, 0.25) is 0 Å². The van der Waals surface area contributed by atoms with Crippen LogP contribution < -0.4 is 5.43 Å². The van der Waals surface area contributed by atoms with Crippen molar-refractivity contribution >= 4 is 12.1 Å². The summed E-state index contributed by atoms with van der Waals surface area (Å²) < 4.78 is 2.07. The number of amides is 1. The quantitative estimate of drug-likeness (QED) is 0.673. The van der Waals surface area contributed by atoms with E-state index >= 15 is 0 Å². The molecular weight excluding hydrogens is 240 g/mol. The predicted octanol–water partition coefficient (Wildman–Crippen LogP) is 2.23. The molecule has 0 saturated carbocycles. The summed E-state index contributed by atoms with van der Waals surface area (Å²) in [5.74, 6) is -0.319. The maximum Gasteiger partial charge on any atom is 0.289 e. The normalized spacial score (nSPS) is 11.1. The topological polar surface area (TPSA) is 59.3 Å². The van der Waals surface area contributed by atoms with Gasteiger partial charge in [0.25, 0.3) is 5.91 Å². The van der Waals surface area contributed by atoms with E-state index in [1.807, 2.05) is 18.5 Å². The summed E-state index contributed by atoms with van der Waals surface area (Å²) in [6.07, 6.45) is 7.13. The minimum Gasteiger partial charge on any atom is -0.351 e. The van der Waals surface area contributed by atoms with Crippen LogP contribution in [0.15, 0.2) is 48.0 Å². The highest BCUT2D eigenvalue weighted by Gasteiger charge is 2.03. The van der Waals surface area contributed by atoms with E-state index in [0.717, 1.165) is 5.56 Å². The van der Waals surface area contributed by atoms with Crippen LogP contribution in [0.4, 0.5) is 0 Å². The summed E-state index contributed by atoms with van der Waals surface area (Å²) in [5.41, 5.74) is 3.73. The van der Waals surface area contributed by atoms with Crippen molar-refractivity contribution < 1.29 is 4.79 Å². The predicted molar refractivity (Wildman–Crippen MR) is 74.1 cm³/mol. The number of rotatable bonds is 4. The van der Waals surface area contributed by atoms with Crippen molar-refractivity contribution in [2.24, 2.45) is 5.10 Å². The molecule has 2 rings (SSSR count). The number of hydrogen-bond donors (Lipinski definition) is 1. The third-order valence-corrected chi connectivity index (χ3v) is 2.61. The van der Waals surface area contributed by atoms with Gasteiger partial charge in [-0.05, 0) is 32.0 Å². The van der Waals surface area contributed by atoms with Crippen molar-refractivity contribution in [1.29, 1.82) is 0 Å². The average molecular weight is 256 g/mol. The van der Waals surface area contributed by atoms with Gasteiger partial charge in [0.2, 0.25) is 0 Å². The molecule has 0 bridgehead atoms. The Hall–Kier alpha value is -2.43. The van der Waals surface area contributed by atoms with E-state index in [0.29, 0.717) is 11.7 Å². The van der Waals surface area contributed by atoms with E-state index in [2.05, 4.69) is 33.9 Å². The fraction of sp³-hybridized carbons (Fsp3) is 0.214. The maximum atomic E-state index is 11.7. The molecule has 5 nitrogen and oxygen atoms in total. The highest BCUT2D eigenvalue weighted by atomic mass is 16.2. The van der Waals surface area contributed by atoms with Gasteiger partial charge in [-0.2, -0.15) is 5.10 Å². The second-order valence-corrected chi connectivity index (χ2v) is 4.40. The molecule has 1 amide bonds. The summed E-state index contributed by atoms with van der Waals surface area (Å²) in [4.78, 5) is 15.6. The largest absolute Gasteiger partial charge is 0.351 e. The van der Waals surface area contributed by atoms with Crippen LogP contribution >= 0.6 is 0 Å². The van der Waals surface area contributed by atoms with Gasteiger partial charge in [-0.1, -0.05) is 6.07 Å². The molecule has 0 atom stereocenters. The minimum absolute atomic E-state index is 0.319. The lowest BCUT2D eigenvalue weighted by Crippen LogP contribution is -2.18. The average Bonchev–Trinajstić information content (AvgIpc) is 2.89. The molecule has 2 aromatic rings. The third-order valence-electron chi connectivity index (χ3n) is 2.61. The lowest BCUT2D eigenvalue weighted by molar-refractivity contribution is 0.0950. The summed E-state index contributed by atoms with van der Waals surface area (Å²) >= 11 is 0.